The van der Waals surface area contributed by atoms with Gasteiger partial charge >= 0.3 is 0 Å². The first kappa shape index (κ1) is 15.2. The largest absolute Gasteiger partial charge is 0.489 e. The number of anilines is 1. The minimum Gasteiger partial charge on any atom is -0.489 e. The summed E-state index contributed by atoms with van der Waals surface area (Å²) in [4.78, 5) is 2.31. The van der Waals surface area contributed by atoms with E-state index in [1.807, 2.05) is 18.2 Å². The number of ether oxygens (including phenoxy) is 1. The zero-order valence-corrected chi connectivity index (χ0v) is 12.9. The third kappa shape index (κ3) is 4.12. The fourth-order valence-electron chi connectivity index (χ4n) is 2.28. The van der Waals surface area contributed by atoms with Crippen LogP contribution >= 0.6 is 0 Å². The monoisotopic (exact) mass is 281 g/mol. The minimum absolute atomic E-state index is 0.582. The zero-order valence-electron chi connectivity index (χ0n) is 12.9. The number of rotatable bonds is 7. The molecule has 0 spiro atoms. The maximum Gasteiger partial charge on any atom is 0.121 e. The van der Waals surface area contributed by atoms with Gasteiger partial charge in [-0.1, -0.05) is 43.0 Å². The van der Waals surface area contributed by atoms with Gasteiger partial charge in [0.25, 0.3) is 0 Å². The highest BCUT2D eigenvalue weighted by molar-refractivity contribution is 5.50. The van der Waals surface area contributed by atoms with Gasteiger partial charge in [0.1, 0.15) is 12.4 Å². The lowest BCUT2D eigenvalue weighted by Gasteiger charge is -2.21. The first-order chi connectivity index (χ1) is 10.3. The van der Waals surface area contributed by atoms with E-state index in [1.54, 1.807) is 0 Å². The van der Waals surface area contributed by atoms with Gasteiger partial charge in [-0.2, -0.15) is 0 Å². The molecule has 2 heteroatoms. The highest BCUT2D eigenvalue weighted by Crippen LogP contribution is 2.22. The van der Waals surface area contributed by atoms with Crippen LogP contribution in [-0.4, -0.2) is 13.1 Å². The van der Waals surface area contributed by atoms with Crippen LogP contribution in [0.15, 0.2) is 55.1 Å². The second kappa shape index (κ2) is 7.53. The molecule has 21 heavy (non-hydrogen) atoms. The van der Waals surface area contributed by atoms with Crippen LogP contribution in [0.25, 0.3) is 6.08 Å². The Kier molecular flexibility index (Phi) is 5.44. The Morgan fingerprint density at radius 3 is 2.38 bits per heavy atom. The topological polar surface area (TPSA) is 12.5 Å². The molecule has 2 rings (SSSR count). The van der Waals surface area contributed by atoms with Gasteiger partial charge < -0.3 is 9.64 Å². The fraction of sp³-hybridized carbons (Fsp3) is 0.263. The van der Waals surface area contributed by atoms with Gasteiger partial charge in [0.05, 0.1) is 0 Å². The molecule has 0 heterocycles. The van der Waals surface area contributed by atoms with Crippen molar-refractivity contribution in [1.29, 1.82) is 0 Å². The third-order valence-corrected chi connectivity index (χ3v) is 3.57. The second-order valence-electron chi connectivity index (χ2n) is 4.90. The highest BCUT2D eigenvalue weighted by Gasteiger charge is 2.03. The molecule has 0 aliphatic rings. The van der Waals surface area contributed by atoms with Gasteiger partial charge in [-0.3, -0.25) is 0 Å². The quantitative estimate of drug-likeness (QED) is 0.726. The highest BCUT2D eigenvalue weighted by atomic mass is 16.5. The molecular weight excluding hydrogens is 258 g/mol. The first-order valence-corrected chi connectivity index (χ1v) is 7.46. The van der Waals surface area contributed by atoms with E-state index in [-0.39, 0.29) is 0 Å². The standard InChI is InChI=1S/C19H23NO/c1-4-16-10-12-17(13-11-16)15-21-19-9-7-8-18(14-19)20(5-2)6-3/h4,7-14H,1,5-6,15H2,2-3H3. The van der Waals surface area contributed by atoms with Gasteiger partial charge in [0.15, 0.2) is 0 Å². The molecule has 0 unspecified atom stereocenters. The van der Waals surface area contributed by atoms with Gasteiger partial charge in [0, 0.05) is 24.8 Å². The molecule has 0 aliphatic carbocycles. The van der Waals surface area contributed by atoms with Gasteiger partial charge in [0.2, 0.25) is 0 Å². The van der Waals surface area contributed by atoms with Crippen LogP contribution < -0.4 is 9.64 Å². The predicted molar refractivity (Wildman–Crippen MR) is 90.9 cm³/mol. The van der Waals surface area contributed by atoms with Crippen LogP contribution in [0.3, 0.4) is 0 Å². The summed E-state index contributed by atoms with van der Waals surface area (Å²) in [5, 5.41) is 0. The van der Waals surface area contributed by atoms with E-state index >= 15 is 0 Å². The lowest BCUT2D eigenvalue weighted by atomic mass is 10.1. The first-order valence-electron chi connectivity index (χ1n) is 7.46. The lowest BCUT2D eigenvalue weighted by Crippen LogP contribution is -2.21. The molecule has 0 radical (unpaired) electrons. The smallest absolute Gasteiger partial charge is 0.121 e. The Labute approximate surface area is 127 Å². The van der Waals surface area contributed by atoms with Crippen LogP contribution in [0.4, 0.5) is 5.69 Å². The van der Waals surface area contributed by atoms with Crippen LogP contribution in [0, 0.1) is 0 Å². The summed E-state index contributed by atoms with van der Waals surface area (Å²) in [6.07, 6.45) is 1.85. The second-order valence-corrected chi connectivity index (χ2v) is 4.90. The van der Waals surface area contributed by atoms with E-state index in [0.29, 0.717) is 6.61 Å². The van der Waals surface area contributed by atoms with Gasteiger partial charge in [-0.15, -0.1) is 0 Å². The molecule has 2 aromatic carbocycles. The summed E-state index contributed by atoms with van der Waals surface area (Å²) in [6, 6.07) is 16.5. The third-order valence-electron chi connectivity index (χ3n) is 3.57. The molecule has 0 saturated heterocycles. The summed E-state index contributed by atoms with van der Waals surface area (Å²) in [7, 11) is 0. The summed E-state index contributed by atoms with van der Waals surface area (Å²) < 4.78 is 5.89. The molecule has 0 N–H and O–H groups in total. The molecule has 2 nitrogen and oxygen atoms in total. The van der Waals surface area contributed by atoms with Crippen molar-refractivity contribution in [2.45, 2.75) is 20.5 Å². The van der Waals surface area contributed by atoms with E-state index in [1.165, 1.54) is 5.69 Å². The van der Waals surface area contributed by atoms with Crippen molar-refractivity contribution in [3.8, 4) is 5.75 Å². The van der Waals surface area contributed by atoms with Crippen molar-refractivity contribution in [3.05, 3.63) is 66.2 Å². The molecule has 2 aromatic rings. The van der Waals surface area contributed by atoms with Gasteiger partial charge in [-0.05, 0) is 37.1 Å². The molecule has 0 atom stereocenters. The van der Waals surface area contributed by atoms with E-state index < -0.39 is 0 Å². The summed E-state index contributed by atoms with van der Waals surface area (Å²) >= 11 is 0. The Balaban J connectivity index is 2.02. The Hall–Kier alpha value is -2.22. The molecule has 110 valence electrons. The summed E-state index contributed by atoms with van der Waals surface area (Å²) in [5.74, 6) is 0.909. The summed E-state index contributed by atoms with van der Waals surface area (Å²) in [5.41, 5.74) is 3.50. The molecule has 0 aliphatic heterocycles. The normalized spacial score (nSPS) is 10.2. The van der Waals surface area contributed by atoms with Crippen LogP contribution in [0.5, 0.6) is 5.75 Å². The van der Waals surface area contributed by atoms with Crippen LogP contribution in [-0.2, 0) is 6.61 Å². The Morgan fingerprint density at radius 2 is 1.76 bits per heavy atom. The van der Waals surface area contributed by atoms with Crippen molar-refractivity contribution >= 4 is 11.8 Å². The maximum absolute atomic E-state index is 5.89. The number of nitrogens with zero attached hydrogens (tertiary/aromatic N) is 1. The van der Waals surface area contributed by atoms with Gasteiger partial charge in [-0.25, -0.2) is 0 Å². The number of hydrogen-bond donors (Lipinski definition) is 0. The minimum atomic E-state index is 0.582. The average molecular weight is 281 g/mol. The molecule has 0 bridgehead atoms. The van der Waals surface area contributed by atoms with Crippen molar-refractivity contribution in [1.82, 2.24) is 0 Å². The number of benzene rings is 2. The SMILES string of the molecule is C=Cc1ccc(COc2cccc(N(CC)CC)c2)cc1. The van der Waals surface area contributed by atoms with Crippen molar-refractivity contribution in [3.63, 3.8) is 0 Å². The molecular formula is C19H23NO. The van der Waals surface area contributed by atoms with Crippen molar-refractivity contribution in [2.24, 2.45) is 0 Å². The van der Waals surface area contributed by atoms with E-state index in [0.717, 1.165) is 30.0 Å². The van der Waals surface area contributed by atoms with Crippen LogP contribution in [0.1, 0.15) is 25.0 Å². The zero-order chi connectivity index (χ0) is 15.1. The molecule has 0 saturated carbocycles. The van der Waals surface area contributed by atoms with Crippen LogP contribution in [0.2, 0.25) is 0 Å². The van der Waals surface area contributed by atoms with Crippen molar-refractivity contribution < 1.29 is 4.74 Å². The summed E-state index contributed by atoms with van der Waals surface area (Å²) in [6.45, 7) is 10.7. The lowest BCUT2D eigenvalue weighted by molar-refractivity contribution is 0.306. The number of hydrogen-bond acceptors (Lipinski definition) is 2. The molecule has 0 fully saturated rings. The van der Waals surface area contributed by atoms with E-state index in [9.17, 15) is 0 Å². The fourth-order valence-corrected chi connectivity index (χ4v) is 2.28. The van der Waals surface area contributed by atoms with Crippen molar-refractivity contribution in [2.75, 3.05) is 18.0 Å². The molecule has 0 amide bonds. The predicted octanol–water partition coefficient (Wildman–Crippen LogP) is 4.75. The Morgan fingerprint density at radius 1 is 1.05 bits per heavy atom. The average Bonchev–Trinajstić information content (AvgIpc) is 2.55. The van der Waals surface area contributed by atoms with E-state index in [2.05, 4.69) is 61.7 Å². The van der Waals surface area contributed by atoms with E-state index in [4.69, 9.17) is 4.74 Å². The Bertz CT molecular complexity index is 570. The maximum atomic E-state index is 5.89. The molecule has 0 aromatic heterocycles.